The third-order valence-electron chi connectivity index (χ3n) is 2.86. The maximum absolute atomic E-state index is 9.36. The number of hydrogen-bond acceptors (Lipinski definition) is 2. The Morgan fingerprint density at radius 1 is 1.20 bits per heavy atom. The van der Waals surface area contributed by atoms with Crippen LogP contribution in [0.25, 0.3) is 0 Å². The summed E-state index contributed by atoms with van der Waals surface area (Å²) in [5, 5.41) is 9.36. The highest BCUT2D eigenvalue weighted by atomic mass is 16.6. The average molecular weight is 142 g/mol. The molecule has 0 aromatic rings. The summed E-state index contributed by atoms with van der Waals surface area (Å²) in [6.07, 6.45) is 4.50. The van der Waals surface area contributed by atoms with E-state index in [9.17, 15) is 5.11 Å². The van der Waals surface area contributed by atoms with Crippen LogP contribution in [0.3, 0.4) is 0 Å². The predicted octanol–water partition coefficient (Wildman–Crippen LogP) is 1.14. The normalized spacial score (nSPS) is 47.1. The summed E-state index contributed by atoms with van der Waals surface area (Å²) < 4.78 is 5.15. The third-order valence-corrected chi connectivity index (χ3v) is 2.86. The first kappa shape index (κ1) is 6.62. The zero-order chi connectivity index (χ0) is 6.97. The standard InChI is InChI=1S/C8H14O2/c9-8-7-3-1-2-6(7)4-5-10-8/h6-9H,1-5H2/t6-,7-,8?/m0/s1. The molecule has 0 amide bonds. The fourth-order valence-corrected chi connectivity index (χ4v) is 2.26. The fraction of sp³-hybridized carbons (Fsp3) is 1.00. The van der Waals surface area contributed by atoms with Gasteiger partial charge in [0.1, 0.15) is 0 Å². The Kier molecular flexibility index (Phi) is 1.66. The van der Waals surface area contributed by atoms with Crippen LogP contribution in [0.4, 0.5) is 0 Å². The van der Waals surface area contributed by atoms with Gasteiger partial charge in [-0.1, -0.05) is 6.42 Å². The highest BCUT2D eigenvalue weighted by Gasteiger charge is 2.36. The van der Waals surface area contributed by atoms with Gasteiger partial charge in [0.2, 0.25) is 0 Å². The largest absolute Gasteiger partial charge is 0.368 e. The molecule has 2 rings (SSSR count). The molecule has 3 atom stereocenters. The van der Waals surface area contributed by atoms with Crippen molar-refractivity contribution in [3.63, 3.8) is 0 Å². The molecule has 1 N–H and O–H groups in total. The minimum absolute atomic E-state index is 0.443. The smallest absolute Gasteiger partial charge is 0.157 e. The molecule has 2 nitrogen and oxygen atoms in total. The zero-order valence-electron chi connectivity index (χ0n) is 6.12. The van der Waals surface area contributed by atoms with Crippen LogP contribution in [-0.2, 0) is 4.74 Å². The summed E-state index contributed by atoms with van der Waals surface area (Å²) in [6.45, 7) is 0.766. The monoisotopic (exact) mass is 142 g/mol. The second-order valence-corrected chi connectivity index (χ2v) is 3.40. The maximum Gasteiger partial charge on any atom is 0.157 e. The van der Waals surface area contributed by atoms with Crippen molar-refractivity contribution in [2.75, 3.05) is 6.61 Å². The van der Waals surface area contributed by atoms with Gasteiger partial charge in [0.05, 0.1) is 6.61 Å². The predicted molar refractivity (Wildman–Crippen MR) is 37.4 cm³/mol. The Morgan fingerprint density at radius 2 is 2.10 bits per heavy atom. The van der Waals surface area contributed by atoms with Crippen molar-refractivity contribution in [2.24, 2.45) is 11.8 Å². The highest BCUT2D eigenvalue weighted by molar-refractivity contribution is 4.81. The molecule has 1 aliphatic carbocycles. The van der Waals surface area contributed by atoms with Crippen molar-refractivity contribution in [3.8, 4) is 0 Å². The molecule has 2 aliphatic rings. The zero-order valence-corrected chi connectivity index (χ0v) is 6.12. The number of rotatable bonds is 0. The first-order chi connectivity index (χ1) is 4.88. The summed E-state index contributed by atoms with van der Waals surface area (Å²) in [6, 6.07) is 0. The molecule has 1 saturated carbocycles. The van der Waals surface area contributed by atoms with Gasteiger partial charge in [0.15, 0.2) is 6.29 Å². The molecule has 1 aliphatic heterocycles. The van der Waals surface area contributed by atoms with Crippen molar-refractivity contribution in [2.45, 2.75) is 32.0 Å². The van der Waals surface area contributed by atoms with Gasteiger partial charge in [-0.05, 0) is 25.2 Å². The third kappa shape index (κ3) is 0.956. The van der Waals surface area contributed by atoms with Gasteiger partial charge >= 0.3 is 0 Å². The number of ether oxygens (including phenoxy) is 1. The SMILES string of the molecule is OC1OCC[C@@H]2CCC[C@H]12. The topological polar surface area (TPSA) is 29.5 Å². The van der Waals surface area contributed by atoms with Gasteiger partial charge in [-0.25, -0.2) is 0 Å². The summed E-state index contributed by atoms with van der Waals surface area (Å²) in [5.74, 6) is 1.23. The summed E-state index contributed by atoms with van der Waals surface area (Å²) in [4.78, 5) is 0. The van der Waals surface area contributed by atoms with E-state index in [1.807, 2.05) is 0 Å². The fourth-order valence-electron chi connectivity index (χ4n) is 2.26. The summed E-state index contributed by atoms with van der Waals surface area (Å²) in [5.41, 5.74) is 0. The Balaban J connectivity index is 2.03. The summed E-state index contributed by atoms with van der Waals surface area (Å²) >= 11 is 0. The highest BCUT2D eigenvalue weighted by Crippen LogP contribution is 2.39. The van der Waals surface area contributed by atoms with Gasteiger partial charge in [0, 0.05) is 5.92 Å². The van der Waals surface area contributed by atoms with Crippen LogP contribution in [0.15, 0.2) is 0 Å². The molecule has 58 valence electrons. The molecular formula is C8H14O2. The first-order valence-corrected chi connectivity index (χ1v) is 4.17. The van der Waals surface area contributed by atoms with E-state index in [-0.39, 0.29) is 0 Å². The number of aliphatic hydroxyl groups is 1. The Labute approximate surface area is 61.2 Å². The molecule has 0 radical (unpaired) electrons. The van der Waals surface area contributed by atoms with Gasteiger partial charge in [0.25, 0.3) is 0 Å². The van der Waals surface area contributed by atoms with E-state index in [0.29, 0.717) is 5.92 Å². The van der Waals surface area contributed by atoms with Crippen LogP contribution in [0, 0.1) is 11.8 Å². The number of fused-ring (bicyclic) bond motifs is 1. The lowest BCUT2D eigenvalue weighted by atomic mass is 9.91. The van der Waals surface area contributed by atoms with E-state index in [1.54, 1.807) is 0 Å². The number of hydrogen-bond donors (Lipinski definition) is 1. The van der Waals surface area contributed by atoms with E-state index in [0.717, 1.165) is 12.5 Å². The second kappa shape index (κ2) is 2.51. The lowest BCUT2D eigenvalue weighted by molar-refractivity contribution is -0.170. The Morgan fingerprint density at radius 3 is 2.90 bits per heavy atom. The van der Waals surface area contributed by atoms with E-state index in [1.165, 1.54) is 25.7 Å². The van der Waals surface area contributed by atoms with Crippen LogP contribution in [0.5, 0.6) is 0 Å². The van der Waals surface area contributed by atoms with Crippen molar-refractivity contribution < 1.29 is 9.84 Å². The molecular weight excluding hydrogens is 128 g/mol. The van der Waals surface area contributed by atoms with Crippen molar-refractivity contribution in [1.29, 1.82) is 0 Å². The molecule has 0 aromatic carbocycles. The van der Waals surface area contributed by atoms with E-state index in [2.05, 4.69) is 0 Å². The molecule has 1 heterocycles. The number of aliphatic hydroxyl groups excluding tert-OH is 1. The maximum atomic E-state index is 9.36. The van der Waals surface area contributed by atoms with Gasteiger partial charge in [-0.15, -0.1) is 0 Å². The van der Waals surface area contributed by atoms with Crippen molar-refractivity contribution in [3.05, 3.63) is 0 Å². The van der Waals surface area contributed by atoms with Crippen LogP contribution in [-0.4, -0.2) is 18.0 Å². The minimum Gasteiger partial charge on any atom is -0.368 e. The minimum atomic E-state index is -0.443. The van der Waals surface area contributed by atoms with Crippen LogP contribution < -0.4 is 0 Å². The lowest BCUT2D eigenvalue weighted by Gasteiger charge is -2.30. The molecule has 10 heavy (non-hydrogen) atoms. The van der Waals surface area contributed by atoms with E-state index >= 15 is 0 Å². The Bertz CT molecular complexity index is 124. The Hall–Kier alpha value is -0.0800. The molecule has 1 unspecified atom stereocenters. The van der Waals surface area contributed by atoms with Crippen LogP contribution in [0.2, 0.25) is 0 Å². The van der Waals surface area contributed by atoms with Gasteiger partial charge in [-0.2, -0.15) is 0 Å². The van der Waals surface area contributed by atoms with Gasteiger partial charge in [-0.3, -0.25) is 0 Å². The van der Waals surface area contributed by atoms with E-state index in [4.69, 9.17) is 4.74 Å². The van der Waals surface area contributed by atoms with Gasteiger partial charge < -0.3 is 9.84 Å². The molecule has 2 heteroatoms. The molecule has 0 bridgehead atoms. The summed E-state index contributed by atoms with van der Waals surface area (Å²) in [7, 11) is 0. The van der Waals surface area contributed by atoms with Crippen LogP contribution >= 0.6 is 0 Å². The molecule has 0 aromatic heterocycles. The lowest BCUT2D eigenvalue weighted by Crippen LogP contribution is -2.32. The van der Waals surface area contributed by atoms with E-state index < -0.39 is 6.29 Å². The molecule has 1 saturated heterocycles. The van der Waals surface area contributed by atoms with Crippen LogP contribution in [0.1, 0.15) is 25.7 Å². The quantitative estimate of drug-likeness (QED) is 0.549. The molecule has 0 spiro atoms. The average Bonchev–Trinajstić information content (AvgIpc) is 2.36. The molecule has 2 fully saturated rings. The first-order valence-electron chi connectivity index (χ1n) is 4.17. The van der Waals surface area contributed by atoms with Crippen molar-refractivity contribution >= 4 is 0 Å². The second-order valence-electron chi connectivity index (χ2n) is 3.40. The van der Waals surface area contributed by atoms with Crippen molar-refractivity contribution in [1.82, 2.24) is 0 Å².